The summed E-state index contributed by atoms with van der Waals surface area (Å²) in [6, 6.07) is 5.05. The first kappa shape index (κ1) is 8.85. The van der Waals surface area contributed by atoms with Gasteiger partial charge in [-0.25, -0.2) is 0 Å². The molecule has 1 aliphatic carbocycles. The summed E-state index contributed by atoms with van der Waals surface area (Å²) in [6.07, 6.45) is 2.37. The number of aromatic hydroxyl groups is 1. The second-order valence-corrected chi connectivity index (χ2v) is 4.09. The van der Waals surface area contributed by atoms with Crippen LogP contribution in [0.4, 0.5) is 0 Å². The molecule has 0 saturated heterocycles. The third-order valence-electron chi connectivity index (χ3n) is 2.37. The number of rotatable bonds is 2. The smallest absolute Gasteiger partial charge is 0.134 e. The first-order valence-electron chi connectivity index (χ1n) is 4.29. The van der Waals surface area contributed by atoms with Gasteiger partial charge in [0.2, 0.25) is 0 Å². The van der Waals surface area contributed by atoms with Crippen molar-refractivity contribution >= 4 is 11.6 Å². The van der Waals surface area contributed by atoms with Crippen LogP contribution in [0.25, 0.3) is 0 Å². The predicted molar refractivity (Wildman–Crippen MR) is 51.0 cm³/mol. The van der Waals surface area contributed by atoms with Crippen LogP contribution >= 0.6 is 11.6 Å². The molecule has 1 fully saturated rings. The molecule has 0 unspecified atom stereocenters. The maximum atomic E-state index is 9.64. The van der Waals surface area contributed by atoms with Gasteiger partial charge in [0.25, 0.3) is 0 Å². The lowest BCUT2D eigenvalue weighted by Gasteiger charge is -2.07. The van der Waals surface area contributed by atoms with E-state index in [1.54, 1.807) is 18.2 Å². The number of phenols is 1. The molecule has 2 nitrogen and oxygen atoms in total. The molecular weight excluding hydrogens is 188 g/mol. The van der Waals surface area contributed by atoms with Gasteiger partial charge in [0.15, 0.2) is 0 Å². The predicted octanol–water partition coefficient (Wildman–Crippen LogP) is 2.11. The molecule has 70 valence electrons. The third-order valence-corrected chi connectivity index (χ3v) is 2.68. The molecule has 0 spiro atoms. The summed E-state index contributed by atoms with van der Waals surface area (Å²) in [4.78, 5) is 0. The molecule has 1 aliphatic rings. The average Bonchev–Trinajstić information content (AvgIpc) is 2.76. The molecule has 13 heavy (non-hydrogen) atoms. The van der Waals surface area contributed by atoms with Crippen molar-refractivity contribution in [2.75, 3.05) is 0 Å². The van der Waals surface area contributed by atoms with Crippen molar-refractivity contribution in [3.63, 3.8) is 0 Å². The van der Waals surface area contributed by atoms with Crippen molar-refractivity contribution < 1.29 is 10.2 Å². The number of hydrogen-bond acceptors (Lipinski definition) is 2. The van der Waals surface area contributed by atoms with Gasteiger partial charge < -0.3 is 10.2 Å². The topological polar surface area (TPSA) is 40.5 Å². The van der Waals surface area contributed by atoms with Crippen LogP contribution in [0.2, 0.25) is 5.02 Å². The quantitative estimate of drug-likeness (QED) is 0.764. The molecule has 1 aromatic carbocycles. The third kappa shape index (κ3) is 1.95. The van der Waals surface area contributed by atoms with E-state index in [0.29, 0.717) is 11.4 Å². The molecular formula is C10H11ClO2. The summed E-state index contributed by atoms with van der Waals surface area (Å²) in [5, 5.41) is 19.1. The van der Waals surface area contributed by atoms with Crippen LogP contribution in [0.15, 0.2) is 18.2 Å². The van der Waals surface area contributed by atoms with Gasteiger partial charge in [-0.1, -0.05) is 17.7 Å². The minimum absolute atomic E-state index is 0.0909. The molecule has 0 aromatic heterocycles. The fourth-order valence-corrected chi connectivity index (χ4v) is 1.56. The Bertz CT molecular complexity index is 332. The van der Waals surface area contributed by atoms with Crippen molar-refractivity contribution in [3.8, 4) is 5.75 Å². The average molecular weight is 199 g/mol. The minimum Gasteiger partial charge on any atom is -0.506 e. The van der Waals surface area contributed by atoms with E-state index in [1.165, 1.54) is 0 Å². The number of benzene rings is 1. The number of halogens is 1. The van der Waals surface area contributed by atoms with Gasteiger partial charge in [0, 0.05) is 6.42 Å². The molecule has 1 saturated carbocycles. The Balaban J connectivity index is 2.17. The first-order valence-corrected chi connectivity index (χ1v) is 4.67. The normalized spacial score (nSPS) is 18.6. The lowest BCUT2D eigenvalue weighted by Crippen LogP contribution is -2.10. The van der Waals surface area contributed by atoms with Gasteiger partial charge >= 0.3 is 0 Å². The second-order valence-electron chi connectivity index (χ2n) is 3.69. The lowest BCUT2D eigenvalue weighted by atomic mass is 10.1. The highest BCUT2D eigenvalue weighted by Gasteiger charge is 2.40. The summed E-state index contributed by atoms with van der Waals surface area (Å²) >= 11 is 5.73. The largest absolute Gasteiger partial charge is 0.506 e. The molecule has 0 heterocycles. The Morgan fingerprint density at radius 3 is 2.62 bits per heavy atom. The minimum atomic E-state index is -0.500. The van der Waals surface area contributed by atoms with E-state index in [-0.39, 0.29) is 5.75 Å². The van der Waals surface area contributed by atoms with E-state index in [2.05, 4.69) is 0 Å². The zero-order chi connectivity index (χ0) is 9.47. The van der Waals surface area contributed by atoms with Gasteiger partial charge in [-0.3, -0.25) is 0 Å². The van der Waals surface area contributed by atoms with Crippen LogP contribution in [0.1, 0.15) is 18.4 Å². The van der Waals surface area contributed by atoms with Crippen LogP contribution in [0, 0.1) is 0 Å². The highest BCUT2D eigenvalue weighted by molar-refractivity contribution is 6.32. The zero-order valence-corrected chi connectivity index (χ0v) is 7.88. The number of aliphatic hydroxyl groups is 1. The highest BCUT2D eigenvalue weighted by Crippen LogP contribution is 2.39. The van der Waals surface area contributed by atoms with E-state index in [9.17, 15) is 5.11 Å². The Morgan fingerprint density at radius 2 is 2.08 bits per heavy atom. The van der Waals surface area contributed by atoms with Crippen LogP contribution < -0.4 is 0 Å². The van der Waals surface area contributed by atoms with Crippen LogP contribution in [0.3, 0.4) is 0 Å². The molecule has 1 aromatic rings. The summed E-state index contributed by atoms with van der Waals surface area (Å²) in [5.74, 6) is 0.0909. The van der Waals surface area contributed by atoms with Crippen LogP contribution in [-0.4, -0.2) is 15.8 Å². The number of hydrogen-bond donors (Lipinski definition) is 2. The van der Waals surface area contributed by atoms with Crippen molar-refractivity contribution in [1.29, 1.82) is 0 Å². The van der Waals surface area contributed by atoms with Gasteiger partial charge in [-0.15, -0.1) is 0 Å². The fourth-order valence-electron chi connectivity index (χ4n) is 1.36. The van der Waals surface area contributed by atoms with E-state index < -0.39 is 5.60 Å². The molecule has 2 rings (SSSR count). The number of phenolic OH excluding ortho intramolecular Hbond substituents is 1. The van der Waals surface area contributed by atoms with Crippen molar-refractivity contribution in [2.24, 2.45) is 0 Å². The van der Waals surface area contributed by atoms with E-state index in [1.807, 2.05) is 0 Å². The Labute approximate surface area is 81.8 Å². The Morgan fingerprint density at radius 1 is 1.38 bits per heavy atom. The fraction of sp³-hybridized carbons (Fsp3) is 0.400. The molecule has 0 atom stereocenters. The van der Waals surface area contributed by atoms with Crippen LogP contribution in [-0.2, 0) is 6.42 Å². The monoisotopic (exact) mass is 198 g/mol. The standard InChI is InChI=1S/C10H11ClO2/c11-8-5-7(1-2-9(8)12)6-10(13)3-4-10/h1-2,5,12-13H,3-4,6H2. The summed E-state index contributed by atoms with van der Waals surface area (Å²) in [6.45, 7) is 0. The van der Waals surface area contributed by atoms with E-state index in [0.717, 1.165) is 18.4 Å². The molecule has 0 amide bonds. The molecule has 0 aliphatic heterocycles. The Hall–Kier alpha value is -0.730. The highest BCUT2D eigenvalue weighted by atomic mass is 35.5. The van der Waals surface area contributed by atoms with Crippen molar-refractivity contribution in [3.05, 3.63) is 28.8 Å². The lowest BCUT2D eigenvalue weighted by molar-refractivity contribution is 0.151. The van der Waals surface area contributed by atoms with Gasteiger partial charge in [-0.2, -0.15) is 0 Å². The molecule has 0 radical (unpaired) electrons. The van der Waals surface area contributed by atoms with Crippen molar-refractivity contribution in [2.45, 2.75) is 24.9 Å². The Kier molecular flexibility index (Phi) is 1.97. The SMILES string of the molecule is Oc1ccc(CC2(O)CC2)cc1Cl. The van der Waals surface area contributed by atoms with E-state index >= 15 is 0 Å². The summed E-state index contributed by atoms with van der Waals surface area (Å²) in [5.41, 5.74) is 0.475. The maximum absolute atomic E-state index is 9.64. The first-order chi connectivity index (χ1) is 6.09. The molecule has 2 N–H and O–H groups in total. The van der Waals surface area contributed by atoms with E-state index in [4.69, 9.17) is 16.7 Å². The summed E-state index contributed by atoms with van der Waals surface area (Å²) < 4.78 is 0. The van der Waals surface area contributed by atoms with Gasteiger partial charge in [0.1, 0.15) is 5.75 Å². The van der Waals surface area contributed by atoms with Gasteiger partial charge in [-0.05, 0) is 30.5 Å². The second kappa shape index (κ2) is 2.89. The van der Waals surface area contributed by atoms with Crippen LogP contribution in [0.5, 0.6) is 5.75 Å². The van der Waals surface area contributed by atoms with Crippen molar-refractivity contribution in [1.82, 2.24) is 0 Å². The maximum Gasteiger partial charge on any atom is 0.134 e. The molecule has 0 bridgehead atoms. The van der Waals surface area contributed by atoms with Gasteiger partial charge in [0.05, 0.1) is 10.6 Å². The molecule has 3 heteroatoms. The summed E-state index contributed by atoms with van der Waals surface area (Å²) in [7, 11) is 0. The zero-order valence-electron chi connectivity index (χ0n) is 7.13.